The van der Waals surface area contributed by atoms with E-state index in [0.717, 1.165) is 22.7 Å². The lowest BCUT2D eigenvalue weighted by molar-refractivity contribution is 0.0947. The van der Waals surface area contributed by atoms with Gasteiger partial charge in [-0.25, -0.2) is 18.2 Å². The molecule has 0 saturated heterocycles. The largest absolute Gasteiger partial charge is 0.348 e. The number of halogens is 4. The summed E-state index contributed by atoms with van der Waals surface area (Å²) in [5.41, 5.74) is 1.42. The third-order valence-corrected chi connectivity index (χ3v) is 5.35. The molecule has 1 amide bonds. The zero-order chi connectivity index (χ0) is 22.8. The van der Waals surface area contributed by atoms with Crippen LogP contribution in [-0.2, 0) is 13.0 Å². The van der Waals surface area contributed by atoms with E-state index < -0.39 is 23.4 Å². The second-order valence-corrected chi connectivity index (χ2v) is 7.97. The van der Waals surface area contributed by atoms with Gasteiger partial charge in [-0.1, -0.05) is 22.0 Å². The Hall–Kier alpha value is -3.46. The van der Waals surface area contributed by atoms with E-state index in [0.29, 0.717) is 16.9 Å². The Bertz CT molecular complexity index is 1350. The summed E-state index contributed by atoms with van der Waals surface area (Å²) >= 11 is 3.34. The molecule has 0 atom stereocenters. The molecule has 0 fully saturated rings. The van der Waals surface area contributed by atoms with Gasteiger partial charge in [0.1, 0.15) is 17.2 Å². The molecule has 162 valence electrons. The number of hydrogen-bond acceptors (Lipinski definition) is 3. The molecule has 0 saturated carbocycles. The number of fused-ring (bicyclic) bond motifs is 1. The summed E-state index contributed by atoms with van der Waals surface area (Å²) in [6.45, 7) is -0.0426. The molecule has 5 nitrogen and oxygen atoms in total. The first-order valence-corrected chi connectivity index (χ1v) is 10.3. The van der Waals surface area contributed by atoms with Crippen molar-refractivity contribution in [2.75, 3.05) is 0 Å². The van der Waals surface area contributed by atoms with Crippen molar-refractivity contribution >= 4 is 33.3 Å². The number of rotatable bonds is 6. The summed E-state index contributed by atoms with van der Waals surface area (Å²) in [7, 11) is 0. The average molecular weight is 502 g/mol. The predicted molar refractivity (Wildman–Crippen MR) is 115 cm³/mol. The molecule has 0 unspecified atom stereocenters. The lowest BCUT2D eigenvalue weighted by Gasteiger charge is -2.09. The van der Waals surface area contributed by atoms with Gasteiger partial charge in [-0.15, -0.1) is 0 Å². The Kier molecular flexibility index (Phi) is 6.09. The Morgan fingerprint density at radius 2 is 1.75 bits per heavy atom. The van der Waals surface area contributed by atoms with E-state index in [-0.39, 0.29) is 29.9 Å². The molecule has 0 aliphatic heterocycles. The van der Waals surface area contributed by atoms with Crippen LogP contribution in [0.15, 0.2) is 65.4 Å². The fourth-order valence-corrected chi connectivity index (χ4v) is 3.53. The van der Waals surface area contributed by atoms with Crippen LogP contribution in [0.25, 0.3) is 5.65 Å². The standard InChI is InChI=1S/C23H15BrF3N3O2/c24-16-5-6-30-20(12-28-22(30)10-16)21(31)9-15-8-14(2-4-17(15)25)23(32)29-11-13-1-3-18(26)19(27)7-13/h1-8,10,12H,9,11H2,(H,29,32). The first kappa shape index (κ1) is 21.8. The average Bonchev–Trinajstić information content (AvgIpc) is 3.19. The molecule has 4 aromatic rings. The molecule has 4 rings (SSSR count). The van der Waals surface area contributed by atoms with E-state index >= 15 is 0 Å². The van der Waals surface area contributed by atoms with Gasteiger partial charge in [0, 0.05) is 29.2 Å². The van der Waals surface area contributed by atoms with Gasteiger partial charge in [0.2, 0.25) is 0 Å². The molecule has 9 heteroatoms. The van der Waals surface area contributed by atoms with Crippen molar-refractivity contribution in [1.82, 2.24) is 14.7 Å². The van der Waals surface area contributed by atoms with Crippen LogP contribution in [0.2, 0.25) is 0 Å². The maximum absolute atomic E-state index is 14.3. The number of imidazole rings is 1. The SMILES string of the molecule is O=C(NCc1ccc(F)c(F)c1)c1ccc(F)c(CC(=O)c2cnc3cc(Br)ccn23)c1. The molecule has 0 radical (unpaired) electrons. The van der Waals surface area contributed by atoms with Crippen molar-refractivity contribution < 1.29 is 22.8 Å². The third kappa shape index (κ3) is 4.57. The number of nitrogens with one attached hydrogen (secondary N) is 1. The molecule has 2 heterocycles. The fourth-order valence-electron chi connectivity index (χ4n) is 3.21. The van der Waals surface area contributed by atoms with Crippen LogP contribution in [0, 0.1) is 17.5 Å². The molecular formula is C23H15BrF3N3O2. The minimum absolute atomic E-state index is 0.0426. The second-order valence-electron chi connectivity index (χ2n) is 7.05. The smallest absolute Gasteiger partial charge is 0.251 e. The second kappa shape index (κ2) is 8.96. The number of amides is 1. The highest BCUT2D eigenvalue weighted by Gasteiger charge is 2.17. The van der Waals surface area contributed by atoms with Crippen LogP contribution < -0.4 is 5.32 Å². The summed E-state index contributed by atoms with van der Waals surface area (Å²) in [4.78, 5) is 29.4. The van der Waals surface area contributed by atoms with Gasteiger partial charge in [-0.3, -0.25) is 14.0 Å². The number of ketones is 1. The minimum Gasteiger partial charge on any atom is -0.348 e. The van der Waals surface area contributed by atoms with E-state index in [2.05, 4.69) is 26.2 Å². The maximum Gasteiger partial charge on any atom is 0.251 e. The van der Waals surface area contributed by atoms with Crippen molar-refractivity contribution in [1.29, 1.82) is 0 Å². The Balaban J connectivity index is 1.49. The molecule has 32 heavy (non-hydrogen) atoms. The van der Waals surface area contributed by atoms with Crippen molar-refractivity contribution in [3.63, 3.8) is 0 Å². The lowest BCUT2D eigenvalue weighted by Crippen LogP contribution is -2.23. The molecule has 1 N–H and O–H groups in total. The first-order valence-electron chi connectivity index (χ1n) is 9.48. The Morgan fingerprint density at radius 1 is 0.969 bits per heavy atom. The fraction of sp³-hybridized carbons (Fsp3) is 0.0870. The van der Waals surface area contributed by atoms with Gasteiger partial charge in [-0.05, 0) is 53.6 Å². The van der Waals surface area contributed by atoms with Gasteiger partial charge in [-0.2, -0.15) is 0 Å². The molecule has 0 aliphatic carbocycles. The van der Waals surface area contributed by atoms with Crippen LogP contribution in [0.3, 0.4) is 0 Å². The number of carbonyl (C=O) groups excluding carboxylic acids is 2. The van der Waals surface area contributed by atoms with Gasteiger partial charge in [0.25, 0.3) is 5.91 Å². The number of carbonyl (C=O) groups is 2. The molecule has 0 spiro atoms. The van der Waals surface area contributed by atoms with Gasteiger partial charge < -0.3 is 5.32 Å². The van der Waals surface area contributed by atoms with Crippen LogP contribution in [0.1, 0.15) is 32.0 Å². The van der Waals surface area contributed by atoms with E-state index in [4.69, 9.17) is 0 Å². The number of benzene rings is 2. The van der Waals surface area contributed by atoms with Crippen LogP contribution in [0.5, 0.6) is 0 Å². The predicted octanol–water partition coefficient (Wildman–Crippen LogP) is 4.87. The van der Waals surface area contributed by atoms with Crippen molar-refractivity contribution in [2.45, 2.75) is 13.0 Å². The first-order chi connectivity index (χ1) is 15.3. The highest BCUT2D eigenvalue weighted by Crippen LogP contribution is 2.18. The van der Waals surface area contributed by atoms with Gasteiger partial charge in [0.15, 0.2) is 17.4 Å². The summed E-state index contributed by atoms with van der Waals surface area (Å²) in [5, 5.41) is 2.56. The minimum atomic E-state index is -1.01. The van der Waals surface area contributed by atoms with Crippen LogP contribution in [-0.4, -0.2) is 21.1 Å². The van der Waals surface area contributed by atoms with Crippen molar-refractivity contribution in [3.05, 3.63) is 105 Å². The van der Waals surface area contributed by atoms with Crippen molar-refractivity contribution in [3.8, 4) is 0 Å². The normalized spacial score (nSPS) is 11.0. The number of hydrogen-bond donors (Lipinski definition) is 1. The number of nitrogens with zero attached hydrogens (tertiary/aromatic N) is 2. The van der Waals surface area contributed by atoms with E-state index in [9.17, 15) is 22.8 Å². The highest BCUT2D eigenvalue weighted by atomic mass is 79.9. The monoisotopic (exact) mass is 501 g/mol. The zero-order valence-electron chi connectivity index (χ0n) is 16.4. The summed E-state index contributed by atoms with van der Waals surface area (Å²) in [5.74, 6) is -3.51. The maximum atomic E-state index is 14.3. The third-order valence-electron chi connectivity index (χ3n) is 4.86. The zero-order valence-corrected chi connectivity index (χ0v) is 18.0. The molecule has 0 aliphatic rings. The van der Waals surface area contributed by atoms with Gasteiger partial charge in [0.05, 0.1) is 6.20 Å². The number of aromatic nitrogens is 2. The Morgan fingerprint density at radius 3 is 2.53 bits per heavy atom. The van der Waals surface area contributed by atoms with Crippen LogP contribution in [0.4, 0.5) is 13.2 Å². The Labute approximate surface area is 189 Å². The van der Waals surface area contributed by atoms with Crippen LogP contribution >= 0.6 is 15.9 Å². The molecule has 2 aromatic carbocycles. The number of pyridine rings is 1. The highest BCUT2D eigenvalue weighted by molar-refractivity contribution is 9.10. The molecule has 0 bridgehead atoms. The molecular weight excluding hydrogens is 487 g/mol. The topological polar surface area (TPSA) is 63.5 Å². The van der Waals surface area contributed by atoms with E-state index in [1.54, 1.807) is 22.7 Å². The summed E-state index contributed by atoms with van der Waals surface area (Å²) in [6.07, 6.45) is 2.83. The van der Waals surface area contributed by atoms with Gasteiger partial charge >= 0.3 is 0 Å². The summed E-state index contributed by atoms with van der Waals surface area (Å²) < 4.78 is 43.1. The van der Waals surface area contributed by atoms with E-state index in [1.807, 2.05) is 0 Å². The quantitative estimate of drug-likeness (QED) is 0.383. The van der Waals surface area contributed by atoms with E-state index in [1.165, 1.54) is 24.4 Å². The molecule has 2 aromatic heterocycles. The lowest BCUT2D eigenvalue weighted by atomic mass is 10.0. The summed E-state index contributed by atoms with van der Waals surface area (Å²) in [6, 6.07) is 10.5. The number of Topliss-reactive ketones (excluding diaryl/α,β-unsaturated/α-hetero) is 1. The van der Waals surface area contributed by atoms with Crippen molar-refractivity contribution in [2.24, 2.45) is 0 Å².